The minimum absolute atomic E-state index is 0.0562. The van der Waals surface area contributed by atoms with Gasteiger partial charge in [0.05, 0.1) is 0 Å². The molecule has 1 aromatic rings. The van der Waals surface area contributed by atoms with Crippen LogP contribution in [0.15, 0.2) is 18.2 Å². The van der Waals surface area contributed by atoms with Gasteiger partial charge in [0.25, 0.3) is 0 Å². The smallest absolute Gasteiger partial charge is 0.127 e. The summed E-state index contributed by atoms with van der Waals surface area (Å²) in [7, 11) is 0. The van der Waals surface area contributed by atoms with E-state index >= 15 is 0 Å². The second-order valence-corrected chi connectivity index (χ2v) is 4.10. The van der Waals surface area contributed by atoms with Gasteiger partial charge in [-0.15, -0.1) is 11.8 Å². The summed E-state index contributed by atoms with van der Waals surface area (Å²) in [5, 5.41) is 3.32. The fourth-order valence-corrected chi connectivity index (χ4v) is 1.89. The summed E-state index contributed by atoms with van der Waals surface area (Å²) in [4.78, 5) is 0. The molecule has 17 heavy (non-hydrogen) atoms. The Balaban J connectivity index is 2.86. The first kappa shape index (κ1) is 13.7. The van der Waals surface area contributed by atoms with Crippen LogP contribution in [0.1, 0.15) is 43.9 Å². The number of halogens is 1. The topological polar surface area (TPSA) is 12.0 Å². The van der Waals surface area contributed by atoms with Gasteiger partial charge in [-0.2, -0.15) is 0 Å². The molecule has 1 aromatic carbocycles. The van der Waals surface area contributed by atoms with E-state index in [2.05, 4.69) is 17.2 Å². The van der Waals surface area contributed by atoms with Crippen LogP contribution in [0.25, 0.3) is 0 Å². The predicted octanol–water partition coefficient (Wildman–Crippen LogP) is 3.59. The van der Waals surface area contributed by atoms with Gasteiger partial charge in [-0.25, -0.2) is 4.39 Å². The fraction of sp³-hybridized carbons (Fsp3) is 0.467. The number of rotatable bonds is 5. The lowest BCUT2D eigenvalue weighted by atomic mass is 9.99. The van der Waals surface area contributed by atoms with Gasteiger partial charge in [0.2, 0.25) is 0 Å². The second-order valence-electron chi connectivity index (χ2n) is 4.10. The Kier molecular flexibility index (Phi) is 5.72. The molecule has 0 aliphatic rings. The average Bonchev–Trinajstić information content (AvgIpc) is 2.32. The van der Waals surface area contributed by atoms with Gasteiger partial charge >= 0.3 is 0 Å². The lowest BCUT2D eigenvalue weighted by Gasteiger charge is -2.18. The second kappa shape index (κ2) is 7.09. The molecule has 0 saturated heterocycles. The van der Waals surface area contributed by atoms with Crippen LogP contribution in [0.5, 0.6) is 0 Å². The van der Waals surface area contributed by atoms with Crippen molar-refractivity contribution in [2.24, 2.45) is 0 Å². The highest BCUT2D eigenvalue weighted by Crippen LogP contribution is 2.22. The molecule has 0 heterocycles. The van der Waals surface area contributed by atoms with Crippen LogP contribution in [0.3, 0.4) is 0 Å². The molecule has 1 atom stereocenters. The SMILES string of the molecule is CC#CCCC(NCC)c1cc(C)ccc1F. The minimum Gasteiger partial charge on any atom is -0.310 e. The molecule has 0 bridgehead atoms. The van der Waals surface area contributed by atoms with Gasteiger partial charge in [0.15, 0.2) is 0 Å². The molecule has 0 aromatic heterocycles. The summed E-state index contributed by atoms with van der Waals surface area (Å²) >= 11 is 0. The molecule has 0 fully saturated rings. The van der Waals surface area contributed by atoms with E-state index in [1.807, 2.05) is 26.8 Å². The molecular weight excluding hydrogens is 213 g/mol. The number of nitrogens with one attached hydrogen (secondary N) is 1. The molecular formula is C15H20FN. The molecule has 1 rings (SSSR count). The zero-order valence-corrected chi connectivity index (χ0v) is 10.8. The largest absolute Gasteiger partial charge is 0.310 e. The van der Waals surface area contributed by atoms with Crippen molar-refractivity contribution >= 4 is 0 Å². The lowest BCUT2D eigenvalue weighted by molar-refractivity contribution is 0.490. The lowest BCUT2D eigenvalue weighted by Crippen LogP contribution is -2.22. The Hall–Kier alpha value is -1.33. The molecule has 0 aliphatic heterocycles. The van der Waals surface area contributed by atoms with Crippen molar-refractivity contribution in [3.05, 3.63) is 35.1 Å². The van der Waals surface area contributed by atoms with Gasteiger partial charge in [0, 0.05) is 18.0 Å². The van der Waals surface area contributed by atoms with E-state index in [1.54, 1.807) is 12.1 Å². The van der Waals surface area contributed by atoms with Crippen LogP contribution >= 0.6 is 0 Å². The van der Waals surface area contributed by atoms with Crippen molar-refractivity contribution in [3.63, 3.8) is 0 Å². The molecule has 1 nitrogen and oxygen atoms in total. The summed E-state index contributed by atoms with van der Waals surface area (Å²) < 4.78 is 13.8. The molecule has 1 N–H and O–H groups in total. The van der Waals surface area contributed by atoms with Crippen molar-refractivity contribution in [3.8, 4) is 11.8 Å². The highest BCUT2D eigenvalue weighted by Gasteiger charge is 2.14. The van der Waals surface area contributed by atoms with E-state index in [4.69, 9.17) is 0 Å². The third kappa shape index (κ3) is 4.20. The van der Waals surface area contributed by atoms with E-state index in [9.17, 15) is 4.39 Å². The third-order valence-corrected chi connectivity index (χ3v) is 2.71. The van der Waals surface area contributed by atoms with Crippen LogP contribution in [0.4, 0.5) is 4.39 Å². The minimum atomic E-state index is -0.133. The molecule has 2 heteroatoms. The van der Waals surface area contributed by atoms with Crippen molar-refractivity contribution in [1.82, 2.24) is 5.32 Å². The normalized spacial score (nSPS) is 11.8. The van der Waals surface area contributed by atoms with Crippen molar-refractivity contribution in [1.29, 1.82) is 0 Å². The van der Waals surface area contributed by atoms with E-state index in [0.717, 1.165) is 30.5 Å². The zero-order valence-electron chi connectivity index (χ0n) is 10.8. The predicted molar refractivity (Wildman–Crippen MR) is 70.2 cm³/mol. The maximum atomic E-state index is 13.8. The fourth-order valence-electron chi connectivity index (χ4n) is 1.89. The average molecular weight is 233 g/mol. The van der Waals surface area contributed by atoms with E-state index in [0.29, 0.717) is 0 Å². The Bertz CT molecular complexity index is 415. The van der Waals surface area contributed by atoms with E-state index in [1.165, 1.54) is 0 Å². The van der Waals surface area contributed by atoms with E-state index in [-0.39, 0.29) is 11.9 Å². The van der Waals surface area contributed by atoms with Crippen molar-refractivity contribution < 1.29 is 4.39 Å². The monoisotopic (exact) mass is 233 g/mol. The van der Waals surface area contributed by atoms with E-state index < -0.39 is 0 Å². The highest BCUT2D eigenvalue weighted by molar-refractivity contribution is 5.27. The first-order valence-electron chi connectivity index (χ1n) is 6.08. The van der Waals surface area contributed by atoms with Crippen LogP contribution in [0, 0.1) is 24.6 Å². The van der Waals surface area contributed by atoms with Gasteiger partial charge in [0.1, 0.15) is 5.82 Å². The first-order chi connectivity index (χ1) is 8.19. The maximum Gasteiger partial charge on any atom is 0.127 e. The molecule has 92 valence electrons. The quantitative estimate of drug-likeness (QED) is 0.766. The zero-order chi connectivity index (χ0) is 12.7. The number of hydrogen-bond donors (Lipinski definition) is 1. The standard InChI is InChI=1S/C15H20FN/c1-4-6-7-8-15(17-5-2)13-11-12(3)9-10-14(13)16/h9-11,15,17H,5,7-8H2,1-3H3. The maximum absolute atomic E-state index is 13.8. The Labute approximate surface area is 103 Å². The third-order valence-electron chi connectivity index (χ3n) is 2.71. The number of aryl methyl sites for hydroxylation is 1. The van der Waals surface area contributed by atoms with Crippen LogP contribution in [0.2, 0.25) is 0 Å². The summed E-state index contributed by atoms with van der Waals surface area (Å²) in [6, 6.07) is 5.32. The van der Waals surface area contributed by atoms with Crippen LogP contribution in [-0.2, 0) is 0 Å². The van der Waals surface area contributed by atoms with Crippen molar-refractivity contribution in [2.45, 2.75) is 39.7 Å². The molecule has 0 aliphatic carbocycles. The van der Waals surface area contributed by atoms with Crippen LogP contribution in [-0.4, -0.2) is 6.54 Å². The highest BCUT2D eigenvalue weighted by atomic mass is 19.1. The number of hydrogen-bond acceptors (Lipinski definition) is 1. The van der Waals surface area contributed by atoms with Crippen molar-refractivity contribution in [2.75, 3.05) is 6.54 Å². The molecule has 0 radical (unpaired) electrons. The Morgan fingerprint density at radius 2 is 2.18 bits per heavy atom. The van der Waals surface area contributed by atoms with Gasteiger partial charge in [-0.3, -0.25) is 0 Å². The summed E-state index contributed by atoms with van der Waals surface area (Å²) in [6.45, 7) is 6.68. The Morgan fingerprint density at radius 3 is 2.82 bits per heavy atom. The Morgan fingerprint density at radius 1 is 1.41 bits per heavy atom. The van der Waals surface area contributed by atoms with Gasteiger partial charge < -0.3 is 5.32 Å². The molecule has 0 saturated carbocycles. The summed E-state index contributed by atoms with van der Waals surface area (Å²) in [5.74, 6) is 5.77. The number of benzene rings is 1. The summed E-state index contributed by atoms with van der Waals surface area (Å²) in [5.41, 5.74) is 1.84. The van der Waals surface area contributed by atoms with Crippen LogP contribution < -0.4 is 5.32 Å². The van der Waals surface area contributed by atoms with Gasteiger partial charge in [-0.05, 0) is 32.9 Å². The first-order valence-corrected chi connectivity index (χ1v) is 6.08. The molecule has 1 unspecified atom stereocenters. The van der Waals surface area contributed by atoms with Gasteiger partial charge in [-0.1, -0.05) is 24.6 Å². The summed E-state index contributed by atoms with van der Waals surface area (Å²) in [6.07, 6.45) is 1.64. The molecule has 0 spiro atoms. The molecule has 0 amide bonds.